The van der Waals surface area contributed by atoms with Gasteiger partial charge in [-0.1, -0.05) is 12.1 Å². The molecule has 0 aliphatic carbocycles. The van der Waals surface area contributed by atoms with E-state index in [0.717, 1.165) is 26.1 Å². The Morgan fingerprint density at radius 2 is 1.75 bits per heavy atom. The van der Waals surface area contributed by atoms with Crippen LogP contribution in [0.1, 0.15) is 21.5 Å². The number of pyridine rings is 1. The first-order chi connectivity index (χ1) is 11.1. The Bertz CT molecular complexity index is 943. The Hall–Kier alpha value is -2.25. The van der Waals surface area contributed by atoms with E-state index in [1.165, 1.54) is 26.4 Å². The van der Waals surface area contributed by atoms with E-state index < -0.39 is 15.6 Å². The van der Waals surface area contributed by atoms with Gasteiger partial charge in [-0.15, -0.1) is 0 Å². The lowest BCUT2D eigenvalue weighted by Gasteiger charge is -2.13. The van der Waals surface area contributed by atoms with Crippen molar-refractivity contribution in [1.82, 2.24) is 8.87 Å². The van der Waals surface area contributed by atoms with Crippen LogP contribution in [0.3, 0.4) is 0 Å². The maximum atomic E-state index is 12.4. The lowest BCUT2D eigenvalue weighted by atomic mass is 10.0. The van der Waals surface area contributed by atoms with Gasteiger partial charge in [0.15, 0.2) is 5.78 Å². The van der Waals surface area contributed by atoms with Gasteiger partial charge in [-0.2, -0.15) is 0 Å². The molecular formula is C17H20N2O4S. The van der Waals surface area contributed by atoms with E-state index >= 15 is 0 Å². The minimum absolute atomic E-state index is 0.0278. The zero-order valence-corrected chi connectivity index (χ0v) is 14.9. The fourth-order valence-corrected chi connectivity index (χ4v) is 3.08. The van der Waals surface area contributed by atoms with Crippen LogP contribution < -0.4 is 5.56 Å². The smallest absolute Gasteiger partial charge is 0.251 e. The minimum atomic E-state index is -3.67. The highest BCUT2D eigenvalue weighted by Gasteiger charge is 2.19. The van der Waals surface area contributed by atoms with Gasteiger partial charge in [0.05, 0.1) is 11.4 Å². The number of carbonyl (C=O) groups is 1. The highest BCUT2D eigenvalue weighted by atomic mass is 32.2. The third-order valence-electron chi connectivity index (χ3n) is 3.88. The van der Waals surface area contributed by atoms with E-state index in [0.29, 0.717) is 5.56 Å². The molecule has 0 fully saturated rings. The standard InChI is InChI=1S/C17H20N2O4S/c1-12-5-6-14(9-13(12)2)16(20)11-19-10-15(7-8-17(19)21)24(22,23)18(3)4/h5-10H,11H2,1-4H3. The zero-order valence-electron chi connectivity index (χ0n) is 14.1. The van der Waals surface area contributed by atoms with Gasteiger partial charge in [0.2, 0.25) is 10.0 Å². The molecule has 2 aromatic rings. The van der Waals surface area contributed by atoms with E-state index in [-0.39, 0.29) is 17.2 Å². The summed E-state index contributed by atoms with van der Waals surface area (Å²) >= 11 is 0. The molecule has 0 aliphatic heterocycles. The lowest BCUT2D eigenvalue weighted by Crippen LogP contribution is -2.27. The van der Waals surface area contributed by atoms with Crippen LogP contribution in [0.5, 0.6) is 0 Å². The van der Waals surface area contributed by atoms with E-state index in [9.17, 15) is 18.0 Å². The SMILES string of the molecule is Cc1ccc(C(=O)Cn2cc(S(=O)(=O)N(C)C)ccc2=O)cc1C. The molecule has 24 heavy (non-hydrogen) atoms. The molecule has 0 bridgehead atoms. The Kier molecular flexibility index (Phi) is 5.05. The van der Waals surface area contributed by atoms with E-state index in [2.05, 4.69) is 0 Å². The maximum absolute atomic E-state index is 12.4. The number of nitrogens with zero attached hydrogens (tertiary/aromatic N) is 2. The van der Waals surface area contributed by atoms with Crippen LogP contribution >= 0.6 is 0 Å². The third-order valence-corrected chi connectivity index (χ3v) is 5.68. The number of hydrogen-bond acceptors (Lipinski definition) is 4. The fraction of sp³-hybridized carbons (Fsp3) is 0.294. The molecule has 0 saturated carbocycles. The van der Waals surface area contributed by atoms with E-state index in [1.54, 1.807) is 12.1 Å². The average molecular weight is 348 g/mol. The van der Waals surface area contributed by atoms with Gasteiger partial charge in [0.25, 0.3) is 5.56 Å². The number of sulfonamides is 1. The average Bonchev–Trinajstić information content (AvgIpc) is 2.51. The topological polar surface area (TPSA) is 76.5 Å². The number of carbonyl (C=O) groups excluding carboxylic acids is 1. The van der Waals surface area contributed by atoms with Crippen molar-refractivity contribution >= 4 is 15.8 Å². The monoisotopic (exact) mass is 348 g/mol. The molecule has 6 nitrogen and oxygen atoms in total. The molecule has 7 heteroatoms. The van der Waals surface area contributed by atoms with Crippen molar-refractivity contribution < 1.29 is 13.2 Å². The van der Waals surface area contributed by atoms with Gasteiger partial charge in [-0.25, -0.2) is 12.7 Å². The number of aromatic nitrogens is 1. The molecule has 0 unspecified atom stereocenters. The minimum Gasteiger partial charge on any atom is -0.306 e. The Labute approximate surface area is 141 Å². The quantitative estimate of drug-likeness (QED) is 0.769. The Morgan fingerprint density at radius 3 is 2.33 bits per heavy atom. The summed E-state index contributed by atoms with van der Waals surface area (Å²) in [5.74, 6) is -0.250. The fourth-order valence-electron chi connectivity index (χ4n) is 2.16. The number of Topliss-reactive ketones (excluding diaryl/α,β-unsaturated/α-hetero) is 1. The first-order valence-electron chi connectivity index (χ1n) is 7.36. The molecule has 0 aliphatic rings. The number of rotatable bonds is 5. The molecule has 0 radical (unpaired) electrons. The largest absolute Gasteiger partial charge is 0.306 e. The number of hydrogen-bond donors (Lipinski definition) is 0. The van der Waals surface area contributed by atoms with Gasteiger partial charge in [-0.3, -0.25) is 9.59 Å². The number of ketones is 1. The van der Waals surface area contributed by atoms with Gasteiger partial charge >= 0.3 is 0 Å². The van der Waals surface area contributed by atoms with Crippen LogP contribution in [0.25, 0.3) is 0 Å². The second kappa shape index (κ2) is 6.70. The van der Waals surface area contributed by atoms with Crippen molar-refractivity contribution in [1.29, 1.82) is 0 Å². The molecule has 0 amide bonds. The van der Waals surface area contributed by atoms with Gasteiger partial charge in [-0.05, 0) is 37.1 Å². The van der Waals surface area contributed by atoms with Gasteiger partial charge in [0, 0.05) is 31.9 Å². The highest BCUT2D eigenvalue weighted by Crippen LogP contribution is 2.13. The maximum Gasteiger partial charge on any atom is 0.251 e. The molecular weight excluding hydrogens is 328 g/mol. The van der Waals surface area contributed by atoms with Crippen LogP contribution in [-0.2, 0) is 16.6 Å². The van der Waals surface area contributed by atoms with Crippen LogP contribution in [-0.4, -0.2) is 37.2 Å². The molecule has 2 rings (SSSR count). The summed E-state index contributed by atoms with van der Waals surface area (Å²) in [6, 6.07) is 7.72. The predicted octanol–water partition coefficient (Wildman–Crippen LogP) is 1.60. The van der Waals surface area contributed by atoms with Crippen molar-refractivity contribution in [3.63, 3.8) is 0 Å². The van der Waals surface area contributed by atoms with E-state index in [1.807, 2.05) is 19.9 Å². The molecule has 0 atom stereocenters. The Morgan fingerprint density at radius 1 is 1.08 bits per heavy atom. The summed E-state index contributed by atoms with van der Waals surface area (Å²) in [7, 11) is -0.851. The summed E-state index contributed by atoms with van der Waals surface area (Å²) < 4.78 is 26.5. The normalized spacial score (nSPS) is 11.7. The summed E-state index contributed by atoms with van der Waals surface area (Å²) in [5.41, 5.74) is 2.12. The molecule has 1 heterocycles. The van der Waals surface area contributed by atoms with Gasteiger partial charge < -0.3 is 4.57 Å². The van der Waals surface area contributed by atoms with Crippen molar-refractivity contribution in [3.05, 3.63) is 63.6 Å². The molecule has 0 spiro atoms. The molecule has 0 saturated heterocycles. The second-order valence-electron chi connectivity index (χ2n) is 5.84. The number of aryl methyl sites for hydroxylation is 2. The summed E-state index contributed by atoms with van der Waals surface area (Å²) in [6.07, 6.45) is 1.20. The predicted molar refractivity (Wildman–Crippen MR) is 91.8 cm³/mol. The van der Waals surface area contributed by atoms with E-state index in [4.69, 9.17) is 0 Å². The molecule has 1 aromatic heterocycles. The van der Waals surface area contributed by atoms with Crippen molar-refractivity contribution in [2.24, 2.45) is 0 Å². The van der Waals surface area contributed by atoms with Crippen LogP contribution in [0, 0.1) is 13.8 Å². The molecule has 1 aromatic carbocycles. The van der Waals surface area contributed by atoms with Crippen LogP contribution in [0.2, 0.25) is 0 Å². The van der Waals surface area contributed by atoms with Crippen LogP contribution in [0.15, 0.2) is 46.2 Å². The second-order valence-corrected chi connectivity index (χ2v) is 7.99. The first-order valence-corrected chi connectivity index (χ1v) is 8.80. The highest BCUT2D eigenvalue weighted by molar-refractivity contribution is 7.89. The van der Waals surface area contributed by atoms with Crippen molar-refractivity contribution in [2.45, 2.75) is 25.3 Å². The first kappa shape index (κ1) is 18.1. The lowest BCUT2D eigenvalue weighted by molar-refractivity contribution is 0.0970. The van der Waals surface area contributed by atoms with Crippen LogP contribution in [0.4, 0.5) is 0 Å². The third kappa shape index (κ3) is 3.63. The summed E-state index contributed by atoms with van der Waals surface area (Å²) in [4.78, 5) is 24.3. The summed E-state index contributed by atoms with van der Waals surface area (Å²) in [6.45, 7) is 3.64. The summed E-state index contributed by atoms with van der Waals surface area (Å²) in [5, 5.41) is 0. The molecule has 0 N–H and O–H groups in total. The van der Waals surface area contributed by atoms with Crippen molar-refractivity contribution in [3.8, 4) is 0 Å². The number of benzene rings is 1. The van der Waals surface area contributed by atoms with Crippen molar-refractivity contribution in [2.75, 3.05) is 14.1 Å². The molecule has 128 valence electrons. The Balaban J connectivity index is 2.37. The van der Waals surface area contributed by atoms with Gasteiger partial charge in [0.1, 0.15) is 0 Å². The zero-order chi connectivity index (χ0) is 18.1.